The Hall–Kier alpha value is -1.20. The average molecular weight is 284 g/mol. The van der Waals surface area contributed by atoms with Crippen LogP contribution in [0.3, 0.4) is 0 Å². The van der Waals surface area contributed by atoms with Crippen molar-refractivity contribution in [3.63, 3.8) is 0 Å². The normalized spacial score (nSPS) is 12.8. The van der Waals surface area contributed by atoms with E-state index in [9.17, 15) is 4.39 Å². The zero-order valence-corrected chi connectivity index (χ0v) is 10.3. The van der Waals surface area contributed by atoms with Crippen molar-refractivity contribution >= 4 is 15.9 Å². The summed E-state index contributed by atoms with van der Waals surface area (Å²) in [5.74, 6) is -0.311. The summed E-state index contributed by atoms with van der Waals surface area (Å²) in [5.41, 5.74) is 7.01. The summed E-state index contributed by atoms with van der Waals surface area (Å²) in [6, 6.07) is 4.70. The topological polar surface area (TPSA) is 43.8 Å². The molecule has 0 unspecified atom stereocenters. The Morgan fingerprint density at radius 3 is 2.88 bits per heavy atom. The molecule has 2 rings (SSSR count). The monoisotopic (exact) mass is 283 g/mol. The van der Waals surface area contributed by atoms with Crippen molar-refractivity contribution < 1.29 is 4.39 Å². The van der Waals surface area contributed by atoms with Crippen molar-refractivity contribution in [2.45, 2.75) is 13.0 Å². The van der Waals surface area contributed by atoms with Gasteiger partial charge in [0, 0.05) is 10.5 Å². The van der Waals surface area contributed by atoms with Crippen LogP contribution in [0.2, 0.25) is 0 Å². The van der Waals surface area contributed by atoms with Crippen LogP contribution in [0.1, 0.15) is 18.7 Å². The van der Waals surface area contributed by atoms with Gasteiger partial charge in [-0.05, 0) is 25.1 Å². The quantitative estimate of drug-likeness (QED) is 0.921. The van der Waals surface area contributed by atoms with Gasteiger partial charge in [-0.25, -0.2) is 9.37 Å². The summed E-state index contributed by atoms with van der Waals surface area (Å²) in [4.78, 5) is 3.99. The van der Waals surface area contributed by atoms with Crippen molar-refractivity contribution in [2.24, 2.45) is 5.73 Å². The van der Waals surface area contributed by atoms with E-state index in [1.54, 1.807) is 29.2 Å². The van der Waals surface area contributed by atoms with Crippen LogP contribution in [0, 0.1) is 5.82 Å². The van der Waals surface area contributed by atoms with Gasteiger partial charge in [-0.2, -0.15) is 0 Å². The molecule has 16 heavy (non-hydrogen) atoms. The van der Waals surface area contributed by atoms with Crippen LogP contribution in [0.5, 0.6) is 0 Å². The summed E-state index contributed by atoms with van der Waals surface area (Å²) in [6.45, 7) is 1.84. The lowest BCUT2D eigenvalue weighted by Gasteiger charge is -2.11. The maximum Gasteiger partial charge on any atom is 0.148 e. The maximum absolute atomic E-state index is 13.7. The van der Waals surface area contributed by atoms with Gasteiger partial charge in [0.1, 0.15) is 5.82 Å². The van der Waals surface area contributed by atoms with E-state index >= 15 is 0 Å². The molecule has 0 saturated carbocycles. The number of aromatic nitrogens is 2. The third-order valence-corrected chi connectivity index (χ3v) is 2.80. The molecule has 0 aliphatic rings. The van der Waals surface area contributed by atoms with Crippen molar-refractivity contribution in [1.82, 2.24) is 9.55 Å². The van der Waals surface area contributed by atoms with Crippen molar-refractivity contribution in [3.8, 4) is 5.69 Å². The number of nitrogens with zero attached hydrogens (tertiary/aromatic N) is 2. The first-order valence-electron chi connectivity index (χ1n) is 4.83. The third-order valence-electron chi connectivity index (χ3n) is 2.30. The first-order valence-corrected chi connectivity index (χ1v) is 5.62. The Bertz CT molecular complexity index is 508. The minimum atomic E-state index is -0.311. The molecule has 1 aromatic carbocycles. The summed E-state index contributed by atoms with van der Waals surface area (Å²) >= 11 is 3.22. The lowest BCUT2D eigenvalue weighted by molar-refractivity contribution is 0.611. The Morgan fingerprint density at radius 1 is 1.50 bits per heavy atom. The first kappa shape index (κ1) is 11.3. The van der Waals surface area contributed by atoms with Gasteiger partial charge in [-0.15, -0.1) is 0 Å². The van der Waals surface area contributed by atoms with Gasteiger partial charge in [0.2, 0.25) is 0 Å². The molecule has 5 heteroatoms. The second-order valence-electron chi connectivity index (χ2n) is 3.57. The Balaban J connectivity index is 2.54. The molecule has 0 bridgehead atoms. The molecule has 0 aliphatic carbocycles. The van der Waals surface area contributed by atoms with E-state index in [4.69, 9.17) is 5.73 Å². The van der Waals surface area contributed by atoms with Gasteiger partial charge >= 0.3 is 0 Å². The van der Waals surface area contributed by atoms with Crippen molar-refractivity contribution in [2.75, 3.05) is 0 Å². The summed E-state index contributed by atoms with van der Waals surface area (Å²) in [7, 11) is 0. The van der Waals surface area contributed by atoms with E-state index < -0.39 is 0 Å². The smallest absolute Gasteiger partial charge is 0.148 e. The minimum Gasteiger partial charge on any atom is -0.323 e. The summed E-state index contributed by atoms with van der Waals surface area (Å²) in [5, 5.41) is 0. The van der Waals surface area contributed by atoms with E-state index in [-0.39, 0.29) is 11.9 Å². The van der Waals surface area contributed by atoms with E-state index in [0.29, 0.717) is 10.2 Å². The van der Waals surface area contributed by atoms with E-state index in [2.05, 4.69) is 20.9 Å². The van der Waals surface area contributed by atoms with Gasteiger partial charge in [-0.1, -0.05) is 15.9 Å². The lowest BCUT2D eigenvalue weighted by atomic mass is 10.2. The number of rotatable bonds is 2. The van der Waals surface area contributed by atoms with Crippen molar-refractivity contribution in [1.29, 1.82) is 0 Å². The predicted octanol–water partition coefficient (Wildman–Crippen LogP) is 2.79. The largest absolute Gasteiger partial charge is 0.323 e. The molecule has 2 aromatic rings. The number of imidazole rings is 1. The second-order valence-corrected chi connectivity index (χ2v) is 4.49. The van der Waals surface area contributed by atoms with Crippen LogP contribution >= 0.6 is 15.9 Å². The Morgan fingerprint density at radius 2 is 2.25 bits per heavy atom. The van der Waals surface area contributed by atoms with Gasteiger partial charge < -0.3 is 5.73 Å². The molecule has 84 valence electrons. The number of nitrogens with two attached hydrogens (primary N) is 1. The highest BCUT2D eigenvalue weighted by Gasteiger charge is 2.11. The van der Waals surface area contributed by atoms with Gasteiger partial charge in [0.15, 0.2) is 0 Å². The van der Waals surface area contributed by atoms with Gasteiger partial charge in [-0.3, -0.25) is 4.57 Å². The Labute approximate surface area is 101 Å². The van der Waals surface area contributed by atoms with E-state index in [1.165, 1.54) is 6.07 Å². The van der Waals surface area contributed by atoms with Crippen LogP contribution in [-0.2, 0) is 0 Å². The molecule has 0 fully saturated rings. The van der Waals surface area contributed by atoms with E-state index in [1.807, 2.05) is 6.92 Å². The van der Waals surface area contributed by atoms with Gasteiger partial charge in [0.25, 0.3) is 0 Å². The lowest BCUT2D eigenvalue weighted by Crippen LogP contribution is -2.11. The molecule has 1 atom stereocenters. The van der Waals surface area contributed by atoms with Crippen LogP contribution in [0.4, 0.5) is 4.39 Å². The zero-order valence-electron chi connectivity index (χ0n) is 8.69. The van der Waals surface area contributed by atoms with Crippen LogP contribution in [-0.4, -0.2) is 9.55 Å². The SMILES string of the molecule is C[C@@H](N)c1cncn1-c1ccc(Br)cc1F. The molecule has 1 heterocycles. The molecule has 0 spiro atoms. The molecule has 0 amide bonds. The summed E-state index contributed by atoms with van der Waals surface area (Å²) < 4.78 is 16.1. The highest BCUT2D eigenvalue weighted by atomic mass is 79.9. The third kappa shape index (κ3) is 2.01. The molecule has 2 N–H and O–H groups in total. The zero-order chi connectivity index (χ0) is 11.7. The molecule has 3 nitrogen and oxygen atoms in total. The maximum atomic E-state index is 13.7. The average Bonchev–Trinajstić information content (AvgIpc) is 2.66. The molecule has 1 aromatic heterocycles. The number of benzene rings is 1. The highest BCUT2D eigenvalue weighted by molar-refractivity contribution is 9.10. The second kappa shape index (κ2) is 4.35. The van der Waals surface area contributed by atoms with Crippen molar-refractivity contribution in [3.05, 3.63) is 46.7 Å². The predicted molar refractivity (Wildman–Crippen MR) is 63.8 cm³/mol. The number of halogens is 2. The van der Waals surface area contributed by atoms with E-state index in [0.717, 1.165) is 5.69 Å². The standard InChI is InChI=1S/C11H11BrFN3/c1-7(14)11-5-15-6-16(11)10-3-2-8(12)4-9(10)13/h2-7H,14H2,1H3/t7-/m1/s1. The fraction of sp³-hybridized carbons (Fsp3) is 0.182. The minimum absolute atomic E-state index is 0.189. The number of hydrogen-bond acceptors (Lipinski definition) is 2. The summed E-state index contributed by atoms with van der Waals surface area (Å²) in [6.07, 6.45) is 3.21. The molecular formula is C11H11BrFN3. The fourth-order valence-corrected chi connectivity index (χ4v) is 1.85. The molecule has 0 radical (unpaired) electrons. The highest BCUT2D eigenvalue weighted by Crippen LogP contribution is 2.21. The van der Waals surface area contributed by atoms with Crippen LogP contribution in [0.25, 0.3) is 5.69 Å². The Kier molecular flexibility index (Phi) is 3.07. The molecular weight excluding hydrogens is 273 g/mol. The van der Waals surface area contributed by atoms with Gasteiger partial charge in [0.05, 0.1) is 23.9 Å². The van der Waals surface area contributed by atoms with Crippen LogP contribution in [0.15, 0.2) is 35.2 Å². The molecule has 0 saturated heterocycles. The van der Waals surface area contributed by atoms with Crippen LogP contribution < -0.4 is 5.73 Å². The molecule has 0 aliphatic heterocycles. The fourth-order valence-electron chi connectivity index (χ4n) is 1.52. The number of hydrogen-bond donors (Lipinski definition) is 1. The first-order chi connectivity index (χ1) is 7.59.